The third kappa shape index (κ3) is 5.07. The van der Waals surface area contributed by atoms with E-state index in [4.69, 9.17) is 4.74 Å². The van der Waals surface area contributed by atoms with Gasteiger partial charge < -0.3 is 14.5 Å². The Hall–Kier alpha value is -3.41. The highest BCUT2D eigenvalue weighted by Crippen LogP contribution is 2.22. The molecular weight excluding hydrogens is 400 g/mol. The number of aryl methyl sites for hydroxylation is 2. The first-order valence-electron chi connectivity index (χ1n) is 11.2. The minimum Gasteiger partial charge on any atom is -0.494 e. The van der Waals surface area contributed by atoms with Gasteiger partial charge in [-0.3, -0.25) is 4.79 Å². The maximum absolute atomic E-state index is 12.7. The first-order valence-corrected chi connectivity index (χ1v) is 11.2. The average molecular weight is 431 g/mol. The lowest BCUT2D eigenvalue weighted by Crippen LogP contribution is -2.49. The molecule has 1 amide bonds. The summed E-state index contributed by atoms with van der Waals surface area (Å²) in [5.41, 5.74) is 5.49. The summed E-state index contributed by atoms with van der Waals surface area (Å²) in [5, 5.41) is 8.90. The fourth-order valence-electron chi connectivity index (χ4n) is 3.89. The van der Waals surface area contributed by atoms with Crippen molar-refractivity contribution in [1.82, 2.24) is 15.1 Å². The Bertz CT molecular complexity index is 1060. The molecule has 0 spiro atoms. The highest BCUT2D eigenvalue weighted by Gasteiger charge is 2.22. The molecule has 0 atom stereocenters. The molecule has 2 aromatic carbocycles. The second-order valence-corrected chi connectivity index (χ2v) is 8.20. The van der Waals surface area contributed by atoms with E-state index in [1.807, 2.05) is 48.2 Å². The number of benzene rings is 2. The predicted octanol–water partition coefficient (Wildman–Crippen LogP) is 4.05. The molecule has 0 radical (unpaired) electrons. The van der Waals surface area contributed by atoms with Gasteiger partial charge in [-0.2, -0.15) is 0 Å². The third-order valence-corrected chi connectivity index (χ3v) is 6.00. The van der Waals surface area contributed by atoms with Crippen molar-refractivity contribution >= 4 is 11.7 Å². The molecule has 0 bridgehead atoms. The van der Waals surface area contributed by atoms with Crippen LogP contribution >= 0.6 is 0 Å². The second-order valence-electron chi connectivity index (χ2n) is 8.20. The zero-order valence-corrected chi connectivity index (χ0v) is 19.0. The van der Waals surface area contributed by atoms with Crippen molar-refractivity contribution in [2.75, 3.05) is 37.7 Å². The average Bonchev–Trinajstić information content (AvgIpc) is 2.82. The van der Waals surface area contributed by atoms with E-state index < -0.39 is 0 Å². The SMILES string of the molecule is CCOc1ccc(CC(=O)N2CCN(c3ccc(-c4ccc(C)c(C)c4)nn3)CC2)cc1. The molecule has 6 nitrogen and oxygen atoms in total. The number of ether oxygens (including phenoxy) is 1. The van der Waals surface area contributed by atoms with Crippen molar-refractivity contribution < 1.29 is 9.53 Å². The van der Waals surface area contributed by atoms with Gasteiger partial charge in [0.05, 0.1) is 18.7 Å². The van der Waals surface area contributed by atoms with E-state index >= 15 is 0 Å². The van der Waals surface area contributed by atoms with E-state index in [0.29, 0.717) is 26.1 Å². The van der Waals surface area contributed by atoms with Crippen LogP contribution in [0, 0.1) is 13.8 Å². The maximum atomic E-state index is 12.7. The molecule has 4 rings (SSSR count). The number of aromatic nitrogens is 2. The van der Waals surface area contributed by atoms with Crippen LogP contribution in [0.3, 0.4) is 0 Å². The van der Waals surface area contributed by atoms with Gasteiger partial charge >= 0.3 is 0 Å². The highest BCUT2D eigenvalue weighted by molar-refractivity contribution is 5.79. The van der Waals surface area contributed by atoms with Gasteiger partial charge in [-0.05, 0) is 67.8 Å². The van der Waals surface area contributed by atoms with Gasteiger partial charge in [-0.15, -0.1) is 10.2 Å². The summed E-state index contributed by atoms with van der Waals surface area (Å²) in [6.07, 6.45) is 0.414. The van der Waals surface area contributed by atoms with E-state index in [1.54, 1.807) is 0 Å². The van der Waals surface area contributed by atoms with Gasteiger partial charge in [-0.25, -0.2) is 0 Å². The summed E-state index contributed by atoms with van der Waals surface area (Å²) in [7, 11) is 0. The standard InChI is InChI=1S/C26H30N4O2/c1-4-32-23-9-6-21(7-10-23)18-26(31)30-15-13-29(14-16-30)25-12-11-24(27-28-25)22-8-5-19(2)20(3)17-22/h5-12,17H,4,13-16,18H2,1-3H3. The third-order valence-electron chi connectivity index (χ3n) is 6.00. The first-order chi connectivity index (χ1) is 15.5. The topological polar surface area (TPSA) is 58.6 Å². The zero-order chi connectivity index (χ0) is 22.5. The van der Waals surface area contributed by atoms with Gasteiger partial charge in [-0.1, -0.05) is 24.3 Å². The first kappa shape index (κ1) is 21.8. The van der Waals surface area contributed by atoms with Crippen LogP contribution in [0.4, 0.5) is 5.82 Å². The lowest BCUT2D eigenvalue weighted by molar-refractivity contribution is -0.130. The van der Waals surface area contributed by atoms with Crippen LogP contribution in [-0.4, -0.2) is 53.8 Å². The summed E-state index contributed by atoms with van der Waals surface area (Å²) >= 11 is 0. The normalized spacial score (nSPS) is 13.8. The zero-order valence-electron chi connectivity index (χ0n) is 19.0. The monoisotopic (exact) mass is 430 g/mol. The summed E-state index contributed by atoms with van der Waals surface area (Å²) in [5.74, 6) is 1.85. The van der Waals surface area contributed by atoms with Crippen LogP contribution in [0.5, 0.6) is 5.75 Å². The molecule has 1 aliphatic rings. The summed E-state index contributed by atoms with van der Waals surface area (Å²) < 4.78 is 5.47. The molecule has 1 aromatic heterocycles. The number of nitrogens with zero attached hydrogens (tertiary/aromatic N) is 4. The molecule has 3 aromatic rings. The van der Waals surface area contributed by atoms with Gasteiger partial charge in [0.15, 0.2) is 5.82 Å². The van der Waals surface area contributed by atoms with Gasteiger partial charge in [0.25, 0.3) is 0 Å². The van der Waals surface area contributed by atoms with Crippen molar-refractivity contribution in [2.24, 2.45) is 0 Å². The van der Waals surface area contributed by atoms with Crippen molar-refractivity contribution in [3.8, 4) is 17.0 Å². The lowest BCUT2D eigenvalue weighted by Gasteiger charge is -2.35. The molecule has 166 valence electrons. The van der Waals surface area contributed by atoms with Crippen LogP contribution in [-0.2, 0) is 11.2 Å². The van der Waals surface area contributed by atoms with Gasteiger partial charge in [0, 0.05) is 31.7 Å². The number of amides is 1. The second kappa shape index (κ2) is 9.81. The molecule has 1 saturated heterocycles. The molecule has 0 unspecified atom stereocenters. The molecular formula is C26H30N4O2. The fourth-order valence-corrected chi connectivity index (χ4v) is 3.89. The van der Waals surface area contributed by atoms with E-state index in [0.717, 1.165) is 41.5 Å². The van der Waals surface area contributed by atoms with E-state index in [-0.39, 0.29) is 5.91 Å². The van der Waals surface area contributed by atoms with E-state index in [2.05, 4.69) is 47.1 Å². The molecule has 32 heavy (non-hydrogen) atoms. The number of piperazine rings is 1. The Morgan fingerprint density at radius 2 is 1.66 bits per heavy atom. The van der Waals surface area contributed by atoms with Crippen LogP contribution < -0.4 is 9.64 Å². The van der Waals surface area contributed by atoms with Crippen LogP contribution in [0.15, 0.2) is 54.6 Å². The number of hydrogen-bond donors (Lipinski definition) is 0. The lowest BCUT2D eigenvalue weighted by atomic mass is 10.0. The molecule has 0 aliphatic carbocycles. The summed E-state index contributed by atoms with van der Waals surface area (Å²) in [6, 6.07) is 18.2. The Labute approximate surface area is 189 Å². The smallest absolute Gasteiger partial charge is 0.227 e. The number of hydrogen-bond acceptors (Lipinski definition) is 5. The van der Waals surface area contributed by atoms with Crippen LogP contribution in [0.25, 0.3) is 11.3 Å². The minimum absolute atomic E-state index is 0.157. The van der Waals surface area contributed by atoms with E-state index in [1.165, 1.54) is 11.1 Å². The van der Waals surface area contributed by atoms with Crippen molar-refractivity contribution in [3.05, 3.63) is 71.3 Å². The largest absolute Gasteiger partial charge is 0.494 e. The Balaban J connectivity index is 1.32. The van der Waals surface area contributed by atoms with Gasteiger partial charge in [0.2, 0.25) is 5.91 Å². The van der Waals surface area contributed by atoms with Gasteiger partial charge in [0.1, 0.15) is 5.75 Å². The number of carbonyl (C=O) groups excluding carboxylic acids is 1. The molecule has 2 heterocycles. The number of anilines is 1. The summed E-state index contributed by atoms with van der Waals surface area (Å²) in [6.45, 7) is 9.71. The van der Waals surface area contributed by atoms with Crippen molar-refractivity contribution in [2.45, 2.75) is 27.2 Å². The minimum atomic E-state index is 0.157. The van der Waals surface area contributed by atoms with Crippen molar-refractivity contribution in [3.63, 3.8) is 0 Å². The molecule has 1 aliphatic heterocycles. The Morgan fingerprint density at radius 1 is 0.906 bits per heavy atom. The van der Waals surface area contributed by atoms with Crippen LogP contribution in [0.1, 0.15) is 23.6 Å². The number of carbonyl (C=O) groups is 1. The molecule has 1 fully saturated rings. The predicted molar refractivity (Wildman–Crippen MR) is 127 cm³/mol. The molecule has 6 heteroatoms. The Morgan fingerprint density at radius 3 is 2.28 bits per heavy atom. The van der Waals surface area contributed by atoms with Crippen LogP contribution in [0.2, 0.25) is 0 Å². The fraction of sp³-hybridized carbons (Fsp3) is 0.346. The molecule has 0 saturated carbocycles. The maximum Gasteiger partial charge on any atom is 0.227 e. The quantitative estimate of drug-likeness (QED) is 0.591. The highest BCUT2D eigenvalue weighted by atomic mass is 16.5. The number of rotatable bonds is 6. The Kier molecular flexibility index (Phi) is 6.69. The summed E-state index contributed by atoms with van der Waals surface area (Å²) in [4.78, 5) is 16.8. The van der Waals surface area contributed by atoms with E-state index in [9.17, 15) is 4.79 Å². The molecule has 0 N–H and O–H groups in total. The van der Waals surface area contributed by atoms with Crippen molar-refractivity contribution in [1.29, 1.82) is 0 Å².